The molecule has 0 aliphatic heterocycles. The number of nitrogens with zero attached hydrogens (tertiary/aromatic N) is 2. The van der Waals surface area contributed by atoms with Gasteiger partial charge in [0.1, 0.15) is 0 Å². The quantitative estimate of drug-likeness (QED) is 0.309. The van der Waals surface area contributed by atoms with Crippen LogP contribution in [0.3, 0.4) is 0 Å². The summed E-state index contributed by atoms with van der Waals surface area (Å²) in [6, 6.07) is 12.0. The van der Waals surface area contributed by atoms with Crippen molar-refractivity contribution >= 4 is 11.9 Å². The van der Waals surface area contributed by atoms with Crippen molar-refractivity contribution in [3.63, 3.8) is 0 Å². The molecule has 0 saturated heterocycles. The SMILES string of the molecule is CCCNCCc1ccc(OC(=O)c2ccc(C)nc2)c(OC(=O)c2ccc(C)nc2)c1. The summed E-state index contributed by atoms with van der Waals surface area (Å²) >= 11 is 0. The van der Waals surface area contributed by atoms with Crippen molar-refractivity contribution in [3.05, 3.63) is 82.9 Å². The van der Waals surface area contributed by atoms with E-state index in [2.05, 4.69) is 22.2 Å². The fourth-order valence-corrected chi connectivity index (χ4v) is 2.90. The van der Waals surface area contributed by atoms with Crippen LogP contribution in [0.1, 0.15) is 51.0 Å². The fraction of sp³-hybridized carbons (Fsp3) is 0.280. The third kappa shape index (κ3) is 6.46. The number of carbonyl (C=O) groups excluding carboxylic acids is 2. The monoisotopic (exact) mass is 433 g/mol. The van der Waals surface area contributed by atoms with Crippen molar-refractivity contribution in [3.8, 4) is 11.5 Å². The highest BCUT2D eigenvalue weighted by Gasteiger charge is 2.17. The van der Waals surface area contributed by atoms with Gasteiger partial charge in [0.25, 0.3) is 0 Å². The molecule has 0 bridgehead atoms. The molecule has 2 heterocycles. The molecule has 1 N–H and O–H groups in total. The highest BCUT2D eigenvalue weighted by Crippen LogP contribution is 2.30. The number of carbonyl (C=O) groups is 2. The first-order valence-corrected chi connectivity index (χ1v) is 10.6. The lowest BCUT2D eigenvalue weighted by atomic mass is 10.1. The first-order valence-electron chi connectivity index (χ1n) is 10.6. The zero-order valence-electron chi connectivity index (χ0n) is 18.6. The van der Waals surface area contributed by atoms with E-state index in [-0.39, 0.29) is 11.5 Å². The fourth-order valence-electron chi connectivity index (χ4n) is 2.90. The molecule has 0 aliphatic carbocycles. The number of ether oxygens (including phenoxy) is 2. The molecule has 1 aromatic carbocycles. The molecule has 32 heavy (non-hydrogen) atoms. The Morgan fingerprint density at radius 3 is 1.94 bits per heavy atom. The van der Waals surface area contributed by atoms with E-state index in [1.807, 2.05) is 19.9 Å². The van der Waals surface area contributed by atoms with Gasteiger partial charge < -0.3 is 14.8 Å². The number of esters is 2. The first-order chi connectivity index (χ1) is 15.5. The second kappa shape index (κ2) is 11.2. The normalized spacial score (nSPS) is 10.6. The van der Waals surface area contributed by atoms with E-state index in [1.165, 1.54) is 12.4 Å². The van der Waals surface area contributed by atoms with E-state index in [1.54, 1.807) is 36.4 Å². The molecule has 7 nitrogen and oxygen atoms in total. The maximum absolute atomic E-state index is 12.7. The van der Waals surface area contributed by atoms with Gasteiger partial charge in [-0.25, -0.2) is 9.59 Å². The van der Waals surface area contributed by atoms with Gasteiger partial charge in [-0.1, -0.05) is 13.0 Å². The van der Waals surface area contributed by atoms with Crippen molar-refractivity contribution in [2.24, 2.45) is 0 Å². The number of hydrogen-bond acceptors (Lipinski definition) is 7. The molecule has 0 radical (unpaired) electrons. The van der Waals surface area contributed by atoms with Gasteiger partial charge in [0, 0.05) is 23.8 Å². The summed E-state index contributed by atoms with van der Waals surface area (Å²) in [4.78, 5) is 33.5. The van der Waals surface area contributed by atoms with Crippen molar-refractivity contribution in [2.45, 2.75) is 33.6 Å². The number of benzene rings is 1. The van der Waals surface area contributed by atoms with Gasteiger partial charge in [-0.3, -0.25) is 9.97 Å². The molecular formula is C25H27N3O4. The minimum atomic E-state index is -0.579. The molecule has 0 aliphatic rings. The summed E-state index contributed by atoms with van der Waals surface area (Å²) in [7, 11) is 0. The van der Waals surface area contributed by atoms with Crippen molar-refractivity contribution in [2.75, 3.05) is 13.1 Å². The molecule has 0 fully saturated rings. The molecule has 2 aromatic heterocycles. The Balaban J connectivity index is 1.82. The lowest BCUT2D eigenvalue weighted by Crippen LogP contribution is -2.18. The predicted octanol–water partition coefficient (Wildman–Crippen LogP) is 4.07. The Hall–Kier alpha value is -3.58. The van der Waals surface area contributed by atoms with E-state index >= 15 is 0 Å². The van der Waals surface area contributed by atoms with Gasteiger partial charge in [0.05, 0.1) is 11.1 Å². The number of pyridine rings is 2. The molecule has 166 valence electrons. The van der Waals surface area contributed by atoms with Crippen LogP contribution >= 0.6 is 0 Å². The average Bonchev–Trinajstić information content (AvgIpc) is 2.79. The summed E-state index contributed by atoms with van der Waals surface area (Å²) in [6.07, 6.45) is 4.71. The van der Waals surface area contributed by atoms with Crippen LogP contribution in [0.15, 0.2) is 54.9 Å². The van der Waals surface area contributed by atoms with Crippen LogP contribution in [0, 0.1) is 13.8 Å². The third-order valence-electron chi connectivity index (χ3n) is 4.72. The van der Waals surface area contributed by atoms with Crippen LogP contribution < -0.4 is 14.8 Å². The second-order valence-corrected chi connectivity index (χ2v) is 7.44. The summed E-state index contributed by atoms with van der Waals surface area (Å²) in [5.41, 5.74) is 3.16. The zero-order chi connectivity index (χ0) is 22.9. The molecular weight excluding hydrogens is 406 g/mol. The number of hydrogen-bond donors (Lipinski definition) is 1. The van der Waals surface area contributed by atoms with Gasteiger partial charge in [-0.15, -0.1) is 0 Å². The Labute approximate surface area is 187 Å². The Kier molecular flexibility index (Phi) is 8.05. The lowest BCUT2D eigenvalue weighted by Gasteiger charge is -2.13. The summed E-state index contributed by atoms with van der Waals surface area (Å²) in [6.45, 7) is 7.50. The average molecular weight is 434 g/mol. The smallest absolute Gasteiger partial charge is 0.345 e. The number of aryl methyl sites for hydroxylation is 2. The van der Waals surface area contributed by atoms with Crippen LogP contribution in [0.5, 0.6) is 11.5 Å². The predicted molar refractivity (Wildman–Crippen MR) is 121 cm³/mol. The molecule has 0 atom stereocenters. The van der Waals surface area contributed by atoms with Crippen LogP contribution in [0.2, 0.25) is 0 Å². The molecule has 0 unspecified atom stereocenters. The van der Waals surface area contributed by atoms with Gasteiger partial charge >= 0.3 is 11.9 Å². The highest BCUT2D eigenvalue weighted by atomic mass is 16.6. The third-order valence-corrected chi connectivity index (χ3v) is 4.72. The Morgan fingerprint density at radius 2 is 1.41 bits per heavy atom. The van der Waals surface area contributed by atoms with Crippen molar-refractivity contribution in [1.29, 1.82) is 0 Å². The maximum Gasteiger partial charge on any atom is 0.345 e. The Morgan fingerprint density at radius 1 is 0.812 bits per heavy atom. The minimum absolute atomic E-state index is 0.161. The van der Waals surface area contributed by atoms with Crippen LogP contribution in [0.25, 0.3) is 0 Å². The van der Waals surface area contributed by atoms with E-state index in [0.717, 1.165) is 42.9 Å². The van der Waals surface area contributed by atoms with Crippen LogP contribution in [-0.2, 0) is 6.42 Å². The molecule has 0 spiro atoms. The van der Waals surface area contributed by atoms with Crippen molar-refractivity contribution in [1.82, 2.24) is 15.3 Å². The van der Waals surface area contributed by atoms with Gasteiger partial charge in [0.15, 0.2) is 11.5 Å². The second-order valence-electron chi connectivity index (χ2n) is 7.44. The van der Waals surface area contributed by atoms with Crippen LogP contribution in [0.4, 0.5) is 0 Å². The lowest BCUT2D eigenvalue weighted by molar-refractivity contribution is 0.0681. The van der Waals surface area contributed by atoms with E-state index in [9.17, 15) is 9.59 Å². The first kappa shape index (κ1) is 23.1. The molecule has 3 rings (SSSR count). The van der Waals surface area contributed by atoms with Gasteiger partial charge in [-0.05, 0) is 81.7 Å². The summed E-state index contributed by atoms with van der Waals surface area (Å²) in [5, 5.41) is 3.34. The molecule has 0 amide bonds. The largest absolute Gasteiger partial charge is 0.419 e. The van der Waals surface area contributed by atoms with E-state index < -0.39 is 11.9 Å². The molecule has 7 heteroatoms. The van der Waals surface area contributed by atoms with Gasteiger partial charge in [0.2, 0.25) is 0 Å². The zero-order valence-corrected chi connectivity index (χ0v) is 18.6. The maximum atomic E-state index is 12.7. The standard InChI is InChI=1S/C25H27N3O4/c1-4-12-26-13-11-19-7-10-22(31-24(29)20-8-5-17(2)27-15-20)23(14-19)32-25(30)21-9-6-18(3)28-16-21/h5-10,14-16,26H,4,11-13H2,1-3H3. The number of aromatic nitrogens is 2. The summed E-state index contributed by atoms with van der Waals surface area (Å²) < 4.78 is 11.1. The van der Waals surface area contributed by atoms with Crippen molar-refractivity contribution < 1.29 is 19.1 Å². The topological polar surface area (TPSA) is 90.4 Å². The number of rotatable bonds is 9. The Bertz CT molecular complexity index is 1060. The highest BCUT2D eigenvalue weighted by molar-refractivity contribution is 5.93. The van der Waals surface area contributed by atoms with E-state index in [0.29, 0.717) is 11.1 Å². The molecule has 0 saturated carbocycles. The van der Waals surface area contributed by atoms with Gasteiger partial charge in [-0.2, -0.15) is 0 Å². The van der Waals surface area contributed by atoms with E-state index in [4.69, 9.17) is 9.47 Å². The minimum Gasteiger partial charge on any atom is -0.419 e. The number of nitrogens with one attached hydrogen (secondary N) is 1. The van der Waals surface area contributed by atoms with Crippen LogP contribution in [-0.4, -0.2) is 35.0 Å². The molecule has 3 aromatic rings. The summed E-state index contributed by atoms with van der Waals surface area (Å²) in [5.74, 6) is -0.816.